The summed E-state index contributed by atoms with van der Waals surface area (Å²) in [6.45, 7) is 4.99. The minimum absolute atomic E-state index is 0.0440. The summed E-state index contributed by atoms with van der Waals surface area (Å²) in [6.07, 6.45) is 4.60. The second-order valence-corrected chi connectivity index (χ2v) is 4.94. The number of rotatable bonds is 4. The van der Waals surface area contributed by atoms with E-state index in [1.165, 1.54) is 18.4 Å². The Kier molecular flexibility index (Phi) is 3.36. The maximum atomic E-state index is 9.48. The Balaban J connectivity index is 1.98. The van der Waals surface area contributed by atoms with E-state index in [1.807, 2.05) is 13.8 Å². The first-order valence-corrected chi connectivity index (χ1v) is 6.07. The first-order chi connectivity index (χ1) is 7.65. The molecule has 0 saturated heterocycles. The number of aryl methyl sites for hydroxylation is 2. The number of aliphatic hydroxyl groups is 1. The van der Waals surface area contributed by atoms with Crippen LogP contribution >= 0.6 is 0 Å². The summed E-state index contributed by atoms with van der Waals surface area (Å²) in [5.41, 5.74) is 1.16. The summed E-state index contributed by atoms with van der Waals surface area (Å²) >= 11 is 0. The summed E-state index contributed by atoms with van der Waals surface area (Å²) in [4.78, 5) is 0. The fraction of sp³-hybridized carbons (Fsp3) is 0.692. The molecule has 1 fully saturated rings. The molecule has 2 N–H and O–H groups in total. The van der Waals surface area contributed by atoms with Crippen LogP contribution < -0.4 is 5.32 Å². The third-order valence-corrected chi connectivity index (χ3v) is 3.66. The van der Waals surface area contributed by atoms with Gasteiger partial charge in [0.1, 0.15) is 11.5 Å². The molecule has 3 heteroatoms. The Labute approximate surface area is 96.8 Å². The van der Waals surface area contributed by atoms with Crippen molar-refractivity contribution in [3.05, 3.63) is 23.2 Å². The number of furan rings is 1. The van der Waals surface area contributed by atoms with Crippen LogP contribution in [0.25, 0.3) is 0 Å². The maximum Gasteiger partial charge on any atom is 0.105 e. The molecule has 0 amide bonds. The van der Waals surface area contributed by atoms with E-state index in [0.717, 1.165) is 30.9 Å². The van der Waals surface area contributed by atoms with Crippen LogP contribution in [-0.2, 0) is 6.54 Å². The van der Waals surface area contributed by atoms with E-state index in [4.69, 9.17) is 4.42 Å². The molecular weight excluding hydrogens is 202 g/mol. The SMILES string of the molecule is Cc1cc(CNC2(CO)CCCC2)c(C)o1. The smallest absolute Gasteiger partial charge is 0.105 e. The molecule has 0 radical (unpaired) electrons. The standard InChI is InChI=1S/C13H21NO2/c1-10-7-12(11(2)16-10)8-14-13(9-15)5-3-4-6-13/h7,14-15H,3-6,8-9H2,1-2H3. The zero-order valence-electron chi connectivity index (χ0n) is 10.2. The summed E-state index contributed by atoms with van der Waals surface area (Å²) < 4.78 is 5.49. The fourth-order valence-electron chi connectivity index (χ4n) is 2.58. The maximum absolute atomic E-state index is 9.48. The van der Waals surface area contributed by atoms with E-state index in [0.29, 0.717) is 0 Å². The van der Waals surface area contributed by atoms with Gasteiger partial charge in [0.05, 0.1) is 6.61 Å². The van der Waals surface area contributed by atoms with Gasteiger partial charge in [-0.25, -0.2) is 0 Å². The van der Waals surface area contributed by atoms with Gasteiger partial charge in [-0.2, -0.15) is 0 Å². The molecule has 1 aromatic rings. The summed E-state index contributed by atoms with van der Waals surface area (Å²) in [5, 5.41) is 13.0. The van der Waals surface area contributed by atoms with Crippen molar-refractivity contribution in [2.75, 3.05) is 6.61 Å². The molecule has 0 bridgehead atoms. The molecule has 1 aliphatic carbocycles. The van der Waals surface area contributed by atoms with Crippen LogP contribution in [-0.4, -0.2) is 17.3 Å². The number of nitrogens with one attached hydrogen (secondary N) is 1. The molecule has 0 spiro atoms. The van der Waals surface area contributed by atoms with Gasteiger partial charge in [-0.15, -0.1) is 0 Å². The van der Waals surface area contributed by atoms with Crippen molar-refractivity contribution >= 4 is 0 Å². The monoisotopic (exact) mass is 223 g/mol. The first kappa shape index (κ1) is 11.7. The Hall–Kier alpha value is -0.800. The second kappa shape index (κ2) is 4.60. The average Bonchev–Trinajstić information content (AvgIpc) is 2.84. The van der Waals surface area contributed by atoms with E-state index in [-0.39, 0.29) is 12.1 Å². The van der Waals surface area contributed by atoms with Crippen LogP contribution in [0.3, 0.4) is 0 Å². The molecule has 1 saturated carbocycles. The quantitative estimate of drug-likeness (QED) is 0.823. The van der Waals surface area contributed by atoms with Gasteiger partial charge in [-0.1, -0.05) is 12.8 Å². The molecule has 0 aromatic carbocycles. The summed E-state index contributed by atoms with van der Waals surface area (Å²) in [6, 6.07) is 2.07. The lowest BCUT2D eigenvalue weighted by molar-refractivity contribution is 0.162. The molecule has 0 atom stereocenters. The second-order valence-electron chi connectivity index (χ2n) is 4.94. The average molecular weight is 223 g/mol. The minimum Gasteiger partial charge on any atom is -0.466 e. The predicted molar refractivity (Wildman–Crippen MR) is 63.3 cm³/mol. The zero-order valence-corrected chi connectivity index (χ0v) is 10.2. The minimum atomic E-state index is -0.0440. The van der Waals surface area contributed by atoms with Crippen LogP contribution in [0.2, 0.25) is 0 Å². The van der Waals surface area contributed by atoms with Gasteiger partial charge in [0.25, 0.3) is 0 Å². The van der Waals surface area contributed by atoms with Gasteiger partial charge in [-0.05, 0) is 32.8 Å². The van der Waals surface area contributed by atoms with Gasteiger partial charge >= 0.3 is 0 Å². The molecule has 3 nitrogen and oxygen atoms in total. The van der Waals surface area contributed by atoms with Gasteiger partial charge in [0.2, 0.25) is 0 Å². The third kappa shape index (κ3) is 2.30. The highest BCUT2D eigenvalue weighted by Crippen LogP contribution is 2.29. The van der Waals surface area contributed by atoms with Gasteiger partial charge < -0.3 is 14.8 Å². The molecule has 2 rings (SSSR count). The van der Waals surface area contributed by atoms with Gasteiger partial charge in [0, 0.05) is 17.6 Å². The number of hydrogen-bond acceptors (Lipinski definition) is 3. The Morgan fingerprint density at radius 3 is 2.56 bits per heavy atom. The fourth-order valence-corrected chi connectivity index (χ4v) is 2.58. The van der Waals surface area contributed by atoms with E-state index in [9.17, 15) is 5.11 Å². The van der Waals surface area contributed by atoms with Crippen molar-refractivity contribution in [2.24, 2.45) is 0 Å². The lowest BCUT2D eigenvalue weighted by atomic mass is 9.98. The Morgan fingerprint density at radius 1 is 1.38 bits per heavy atom. The van der Waals surface area contributed by atoms with E-state index >= 15 is 0 Å². The van der Waals surface area contributed by atoms with E-state index < -0.39 is 0 Å². The van der Waals surface area contributed by atoms with Crippen molar-refractivity contribution in [2.45, 2.75) is 51.6 Å². The van der Waals surface area contributed by atoms with Crippen molar-refractivity contribution in [3.63, 3.8) is 0 Å². The van der Waals surface area contributed by atoms with Crippen LogP contribution in [0.5, 0.6) is 0 Å². The molecule has 0 aliphatic heterocycles. The van der Waals surface area contributed by atoms with E-state index in [1.54, 1.807) is 0 Å². The van der Waals surface area contributed by atoms with Crippen LogP contribution in [0, 0.1) is 13.8 Å². The highest BCUT2D eigenvalue weighted by molar-refractivity contribution is 5.20. The Bertz CT molecular complexity index is 351. The predicted octanol–water partition coefficient (Wildman–Crippen LogP) is 2.29. The zero-order chi connectivity index (χ0) is 11.6. The largest absolute Gasteiger partial charge is 0.466 e. The molecule has 1 heterocycles. The van der Waals surface area contributed by atoms with Crippen molar-refractivity contribution < 1.29 is 9.52 Å². The van der Waals surface area contributed by atoms with Crippen molar-refractivity contribution in [1.29, 1.82) is 0 Å². The molecule has 0 unspecified atom stereocenters. The van der Waals surface area contributed by atoms with Crippen LogP contribution in [0.1, 0.15) is 42.8 Å². The molecule has 90 valence electrons. The summed E-state index contributed by atoms with van der Waals surface area (Å²) in [7, 11) is 0. The number of hydrogen-bond donors (Lipinski definition) is 2. The van der Waals surface area contributed by atoms with Crippen LogP contribution in [0.15, 0.2) is 10.5 Å². The van der Waals surface area contributed by atoms with E-state index in [2.05, 4.69) is 11.4 Å². The molecule has 1 aromatic heterocycles. The van der Waals surface area contributed by atoms with Gasteiger partial charge in [-0.3, -0.25) is 0 Å². The van der Waals surface area contributed by atoms with Gasteiger partial charge in [0.15, 0.2) is 0 Å². The topological polar surface area (TPSA) is 45.4 Å². The lowest BCUT2D eigenvalue weighted by Crippen LogP contribution is -2.45. The Morgan fingerprint density at radius 2 is 2.06 bits per heavy atom. The highest BCUT2D eigenvalue weighted by Gasteiger charge is 2.32. The number of aliphatic hydroxyl groups excluding tert-OH is 1. The normalized spacial score (nSPS) is 19.2. The highest BCUT2D eigenvalue weighted by atomic mass is 16.3. The molecular formula is C13H21NO2. The van der Waals surface area contributed by atoms with Crippen LogP contribution in [0.4, 0.5) is 0 Å². The lowest BCUT2D eigenvalue weighted by Gasteiger charge is -2.28. The molecule has 16 heavy (non-hydrogen) atoms. The van der Waals surface area contributed by atoms with Crippen molar-refractivity contribution in [3.8, 4) is 0 Å². The first-order valence-electron chi connectivity index (χ1n) is 6.07. The molecule has 1 aliphatic rings. The summed E-state index contributed by atoms with van der Waals surface area (Å²) in [5.74, 6) is 1.94. The third-order valence-electron chi connectivity index (χ3n) is 3.66. The van der Waals surface area contributed by atoms with Crippen molar-refractivity contribution in [1.82, 2.24) is 5.32 Å².